The van der Waals surface area contributed by atoms with Gasteiger partial charge in [0.15, 0.2) is 0 Å². The molecule has 0 N–H and O–H groups in total. The van der Waals surface area contributed by atoms with E-state index in [2.05, 4.69) is 39.5 Å². The Bertz CT molecular complexity index is 567. The zero-order valence-corrected chi connectivity index (χ0v) is 13.1. The highest BCUT2D eigenvalue weighted by atomic mass is 35.5. The molecule has 1 aliphatic heterocycles. The summed E-state index contributed by atoms with van der Waals surface area (Å²) in [5, 5.41) is 3.28. The summed E-state index contributed by atoms with van der Waals surface area (Å²) in [5.41, 5.74) is 4.02. The van der Waals surface area contributed by atoms with Gasteiger partial charge in [-0.05, 0) is 30.5 Å². The molecule has 0 radical (unpaired) electrons. The molecule has 1 aromatic carbocycles. The molecule has 0 saturated carbocycles. The number of benzene rings is 1. The van der Waals surface area contributed by atoms with Crippen molar-refractivity contribution in [1.82, 2.24) is 9.88 Å². The highest BCUT2D eigenvalue weighted by Gasteiger charge is 2.14. The van der Waals surface area contributed by atoms with Crippen LogP contribution in [0.3, 0.4) is 0 Å². The molecule has 3 rings (SSSR count). The van der Waals surface area contributed by atoms with E-state index in [9.17, 15) is 0 Å². The van der Waals surface area contributed by atoms with Crippen molar-refractivity contribution in [2.45, 2.75) is 31.7 Å². The lowest BCUT2D eigenvalue weighted by atomic mass is 10.0. The molecule has 0 spiro atoms. The second-order valence-corrected chi connectivity index (χ2v) is 6.47. The lowest BCUT2D eigenvalue weighted by Gasteiger charge is -2.19. The predicted octanol–water partition coefficient (Wildman–Crippen LogP) is 3.87. The normalized spacial score (nSPS) is 15.8. The Balaban J connectivity index is 1.61. The van der Waals surface area contributed by atoms with Crippen molar-refractivity contribution in [1.29, 1.82) is 0 Å². The van der Waals surface area contributed by atoms with Gasteiger partial charge in [-0.2, -0.15) is 0 Å². The van der Waals surface area contributed by atoms with Gasteiger partial charge in [0.1, 0.15) is 0 Å². The highest BCUT2D eigenvalue weighted by molar-refractivity contribution is 7.09. The average Bonchev–Trinajstić information content (AvgIpc) is 2.84. The first kappa shape index (κ1) is 14.1. The van der Waals surface area contributed by atoms with Gasteiger partial charge in [0.2, 0.25) is 0 Å². The molecule has 0 atom stereocenters. The van der Waals surface area contributed by atoms with Crippen molar-refractivity contribution in [3.05, 3.63) is 51.5 Å². The van der Waals surface area contributed by atoms with E-state index in [0.717, 1.165) is 25.2 Å². The summed E-state index contributed by atoms with van der Waals surface area (Å²) < 4.78 is 0. The number of aryl methyl sites for hydroxylation is 1. The maximum Gasteiger partial charge on any atom is 0.0941 e. The van der Waals surface area contributed by atoms with E-state index in [4.69, 9.17) is 11.6 Å². The second kappa shape index (κ2) is 6.70. The van der Waals surface area contributed by atoms with Crippen LogP contribution in [0.15, 0.2) is 29.6 Å². The van der Waals surface area contributed by atoms with Crippen molar-refractivity contribution in [2.24, 2.45) is 0 Å². The largest absolute Gasteiger partial charge is 0.299 e. The third kappa shape index (κ3) is 3.40. The first-order valence-electron chi connectivity index (χ1n) is 7.13. The number of rotatable bonds is 4. The van der Waals surface area contributed by atoms with Gasteiger partial charge in [-0.15, -0.1) is 22.9 Å². The Morgan fingerprint density at radius 1 is 1.25 bits per heavy atom. The van der Waals surface area contributed by atoms with Crippen molar-refractivity contribution in [2.75, 3.05) is 13.1 Å². The predicted molar refractivity (Wildman–Crippen MR) is 85.4 cm³/mol. The lowest BCUT2D eigenvalue weighted by molar-refractivity contribution is 0.273. The summed E-state index contributed by atoms with van der Waals surface area (Å²) in [6.45, 7) is 3.34. The fourth-order valence-corrected chi connectivity index (χ4v) is 3.75. The number of nitrogens with zero attached hydrogens (tertiary/aromatic N) is 2. The molecule has 2 heterocycles. The third-order valence-electron chi connectivity index (χ3n) is 3.81. The van der Waals surface area contributed by atoms with Crippen molar-refractivity contribution in [3.63, 3.8) is 0 Å². The third-order valence-corrected chi connectivity index (χ3v) is 5.04. The van der Waals surface area contributed by atoms with Crippen LogP contribution in [0.25, 0.3) is 0 Å². The van der Waals surface area contributed by atoms with E-state index in [1.165, 1.54) is 35.5 Å². The summed E-state index contributed by atoms with van der Waals surface area (Å²) in [4.78, 5) is 7.09. The fraction of sp³-hybridized carbons (Fsp3) is 0.438. The van der Waals surface area contributed by atoms with Gasteiger partial charge in [-0.25, -0.2) is 4.98 Å². The molecule has 106 valence electrons. The molecule has 1 aliphatic rings. The van der Waals surface area contributed by atoms with Crippen LogP contribution in [-0.2, 0) is 25.3 Å². The van der Waals surface area contributed by atoms with Gasteiger partial charge in [-0.1, -0.05) is 24.3 Å². The summed E-state index contributed by atoms with van der Waals surface area (Å²) >= 11 is 7.53. The van der Waals surface area contributed by atoms with E-state index < -0.39 is 0 Å². The topological polar surface area (TPSA) is 16.1 Å². The van der Waals surface area contributed by atoms with Crippen LogP contribution in [0.2, 0.25) is 0 Å². The van der Waals surface area contributed by atoms with Crippen molar-refractivity contribution >= 4 is 22.9 Å². The highest BCUT2D eigenvalue weighted by Crippen LogP contribution is 2.19. The summed E-state index contributed by atoms with van der Waals surface area (Å²) in [6.07, 6.45) is 3.49. The van der Waals surface area contributed by atoms with Crippen LogP contribution in [0.5, 0.6) is 0 Å². The SMILES string of the molecule is ClCc1csc(CCN2CCCc3ccccc3C2)n1. The number of hydrogen-bond acceptors (Lipinski definition) is 3. The molecule has 0 bridgehead atoms. The first-order chi connectivity index (χ1) is 9.85. The summed E-state index contributed by atoms with van der Waals surface area (Å²) in [6, 6.07) is 8.84. The van der Waals surface area contributed by atoms with Gasteiger partial charge >= 0.3 is 0 Å². The Morgan fingerprint density at radius 3 is 2.90 bits per heavy atom. The maximum absolute atomic E-state index is 5.80. The van der Waals surface area contributed by atoms with Crippen LogP contribution in [0.1, 0.15) is 28.2 Å². The number of aromatic nitrogens is 1. The molecule has 0 aliphatic carbocycles. The first-order valence-corrected chi connectivity index (χ1v) is 8.55. The van der Waals surface area contributed by atoms with Crippen LogP contribution in [-0.4, -0.2) is 23.0 Å². The molecule has 20 heavy (non-hydrogen) atoms. The van der Waals surface area contributed by atoms with Crippen LogP contribution in [0.4, 0.5) is 0 Å². The summed E-state index contributed by atoms with van der Waals surface area (Å²) in [5.74, 6) is 0.521. The Labute approximate surface area is 129 Å². The minimum atomic E-state index is 0.521. The monoisotopic (exact) mass is 306 g/mol. The number of alkyl halides is 1. The lowest BCUT2D eigenvalue weighted by Crippen LogP contribution is -2.25. The van der Waals surface area contributed by atoms with E-state index >= 15 is 0 Å². The van der Waals surface area contributed by atoms with E-state index in [1.807, 2.05) is 0 Å². The number of halogens is 1. The molecule has 0 unspecified atom stereocenters. The van der Waals surface area contributed by atoms with Crippen LogP contribution >= 0.6 is 22.9 Å². The molecule has 0 fully saturated rings. The fourth-order valence-electron chi connectivity index (χ4n) is 2.74. The molecule has 4 heteroatoms. The Hall–Kier alpha value is -0.900. The Morgan fingerprint density at radius 2 is 2.10 bits per heavy atom. The molecule has 1 aromatic heterocycles. The van der Waals surface area contributed by atoms with E-state index in [1.54, 1.807) is 11.3 Å². The van der Waals surface area contributed by atoms with E-state index in [0.29, 0.717) is 5.88 Å². The molecular formula is C16H19ClN2S. The smallest absolute Gasteiger partial charge is 0.0941 e. The Kier molecular flexibility index (Phi) is 4.71. The zero-order chi connectivity index (χ0) is 13.8. The minimum absolute atomic E-state index is 0.521. The van der Waals surface area contributed by atoms with Gasteiger partial charge < -0.3 is 0 Å². The molecule has 2 aromatic rings. The standard InChI is InChI=1S/C16H19ClN2S/c17-10-15-12-20-16(18-15)7-9-19-8-3-6-13-4-1-2-5-14(13)11-19/h1-2,4-5,12H,3,6-11H2. The zero-order valence-electron chi connectivity index (χ0n) is 11.5. The molecular weight excluding hydrogens is 288 g/mol. The van der Waals surface area contributed by atoms with Gasteiger partial charge in [0.25, 0.3) is 0 Å². The minimum Gasteiger partial charge on any atom is -0.299 e. The average molecular weight is 307 g/mol. The molecule has 0 saturated heterocycles. The second-order valence-electron chi connectivity index (χ2n) is 5.26. The number of fused-ring (bicyclic) bond motifs is 1. The summed E-state index contributed by atoms with van der Waals surface area (Å²) in [7, 11) is 0. The van der Waals surface area contributed by atoms with Crippen LogP contribution in [0, 0.1) is 0 Å². The van der Waals surface area contributed by atoms with E-state index in [-0.39, 0.29) is 0 Å². The maximum atomic E-state index is 5.80. The quantitative estimate of drug-likeness (QED) is 0.797. The van der Waals surface area contributed by atoms with Crippen molar-refractivity contribution in [3.8, 4) is 0 Å². The van der Waals surface area contributed by atoms with Gasteiger partial charge in [0.05, 0.1) is 16.6 Å². The van der Waals surface area contributed by atoms with Gasteiger partial charge in [0, 0.05) is 24.9 Å². The van der Waals surface area contributed by atoms with Crippen molar-refractivity contribution < 1.29 is 0 Å². The van der Waals surface area contributed by atoms with Gasteiger partial charge in [-0.3, -0.25) is 4.90 Å². The molecule has 2 nitrogen and oxygen atoms in total. The molecule has 0 amide bonds. The number of hydrogen-bond donors (Lipinski definition) is 0. The number of thiazole rings is 1. The van der Waals surface area contributed by atoms with Crippen LogP contribution < -0.4 is 0 Å².